The van der Waals surface area contributed by atoms with Crippen molar-refractivity contribution in [3.05, 3.63) is 24.3 Å². The van der Waals surface area contributed by atoms with Crippen LogP contribution in [0.25, 0.3) is 0 Å². The highest BCUT2D eigenvalue weighted by Crippen LogP contribution is 2.26. The Morgan fingerprint density at radius 1 is 1.25 bits per heavy atom. The predicted molar refractivity (Wildman–Crippen MR) is 93.5 cm³/mol. The van der Waals surface area contributed by atoms with Crippen LogP contribution in [0.15, 0.2) is 29.3 Å². The average Bonchev–Trinajstić information content (AvgIpc) is 2.44. The smallest absolute Gasteiger partial charge is 0.191 e. The maximum absolute atomic E-state index is 5.84. The number of benzene rings is 1. The van der Waals surface area contributed by atoms with E-state index in [1.807, 2.05) is 38.1 Å². The van der Waals surface area contributed by atoms with E-state index in [1.165, 1.54) is 0 Å². The Labute approximate surface area is 138 Å². The van der Waals surface area contributed by atoms with Crippen molar-refractivity contribution < 1.29 is 9.47 Å². The molecule has 0 heterocycles. The summed E-state index contributed by atoms with van der Waals surface area (Å²) in [6.07, 6.45) is 0.00621. The van der Waals surface area contributed by atoms with E-state index in [2.05, 4.69) is 15.6 Å². The predicted octanol–water partition coefficient (Wildman–Crippen LogP) is 2.27. The number of para-hydroxylation sites is 2. The van der Waals surface area contributed by atoms with Gasteiger partial charge in [0.25, 0.3) is 0 Å². The number of hydrogen-bond donors (Lipinski definition) is 2. The Morgan fingerprint density at radius 3 is 2.45 bits per heavy atom. The summed E-state index contributed by atoms with van der Waals surface area (Å²) in [5.74, 6) is 2.26. The Kier molecular flexibility index (Phi) is 9.96. The van der Waals surface area contributed by atoms with E-state index in [-0.39, 0.29) is 30.1 Å². The highest BCUT2D eigenvalue weighted by molar-refractivity contribution is 14.0. The van der Waals surface area contributed by atoms with E-state index in [9.17, 15) is 0 Å². The first kappa shape index (κ1) is 18.8. The van der Waals surface area contributed by atoms with Gasteiger partial charge in [-0.25, -0.2) is 0 Å². The zero-order valence-electron chi connectivity index (χ0n) is 12.5. The van der Waals surface area contributed by atoms with Crippen molar-refractivity contribution >= 4 is 29.9 Å². The van der Waals surface area contributed by atoms with E-state index in [0.29, 0.717) is 6.54 Å². The van der Waals surface area contributed by atoms with Gasteiger partial charge in [-0.1, -0.05) is 12.1 Å². The van der Waals surface area contributed by atoms with E-state index < -0.39 is 0 Å². The minimum absolute atomic E-state index is 0. The molecule has 1 atom stereocenters. The molecular weight excluding hydrogens is 369 g/mol. The molecule has 0 aliphatic heterocycles. The number of hydrogen-bond acceptors (Lipinski definition) is 3. The third kappa shape index (κ3) is 6.31. The molecule has 5 nitrogen and oxygen atoms in total. The summed E-state index contributed by atoms with van der Waals surface area (Å²) in [6.45, 7) is 5.53. The standard InChI is InChI=1S/C14H23N3O2.HI/c1-5-16-14(15-3)17-10-11(2)19-13-9-7-6-8-12(13)18-4;/h6-9,11H,5,10H2,1-4H3,(H2,15,16,17);1H. The van der Waals surface area contributed by atoms with E-state index >= 15 is 0 Å². The molecule has 0 saturated carbocycles. The quantitative estimate of drug-likeness (QED) is 0.442. The summed E-state index contributed by atoms with van der Waals surface area (Å²) in [5, 5.41) is 6.33. The number of rotatable bonds is 6. The molecule has 1 unspecified atom stereocenters. The van der Waals surface area contributed by atoms with Gasteiger partial charge in [0.1, 0.15) is 6.10 Å². The molecule has 2 N–H and O–H groups in total. The minimum Gasteiger partial charge on any atom is -0.493 e. The van der Waals surface area contributed by atoms with E-state index in [1.54, 1.807) is 14.2 Å². The summed E-state index contributed by atoms with van der Waals surface area (Å²) >= 11 is 0. The molecule has 0 aliphatic carbocycles. The lowest BCUT2D eigenvalue weighted by Gasteiger charge is -2.18. The molecule has 0 aliphatic rings. The molecule has 0 bridgehead atoms. The fourth-order valence-corrected chi connectivity index (χ4v) is 1.60. The number of ether oxygens (including phenoxy) is 2. The monoisotopic (exact) mass is 393 g/mol. The molecule has 1 aromatic rings. The lowest BCUT2D eigenvalue weighted by atomic mass is 10.3. The zero-order chi connectivity index (χ0) is 14.1. The number of guanidine groups is 1. The first-order valence-corrected chi connectivity index (χ1v) is 6.45. The minimum atomic E-state index is 0. The Morgan fingerprint density at radius 2 is 1.90 bits per heavy atom. The second-order valence-corrected chi connectivity index (χ2v) is 4.06. The van der Waals surface area contributed by atoms with Crippen molar-refractivity contribution in [3.8, 4) is 11.5 Å². The zero-order valence-corrected chi connectivity index (χ0v) is 14.8. The number of nitrogens with zero attached hydrogens (tertiary/aromatic N) is 1. The third-order valence-electron chi connectivity index (χ3n) is 2.52. The van der Waals surface area contributed by atoms with Gasteiger partial charge < -0.3 is 20.1 Å². The summed E-state index contributed by atoms with van der Waals surface area (Å²) in [5.41, 5.74) is 0. The van der Waals surface area contributed by atoms with Gasteiger partial charge >= 0.3 is 0 Å². The lowest BCUT2D eigenvalue weighted by molar-refractivity contribution is 0.213. The van der Waals surface area contributed by atoms with Gasteiger partial charge in [0.05, 0.1) is 13.7 Å². The molecule has 1 aromatic carbocycles. The first-order valence-electron chi connectivity index (χ1n) is 6.45. The van der Waals surface area contributed by atoms with Gasteiger partial charge in [-0.3, -0.25) is 4.99 Å². The summed E-state index contributed by atoms with van der Waals surface area (Å²) in [7, 11) is 3.38. The topological polar surface area (TPSA) is 54.9 Å². The highest BCUT2D eigenvalue weighted by Gasteiger charge is 2.08. The molecule has 114 valence electrons. The maximum Gasteiger partial charge on any atom is 0.191 e. The Hall–Kier alpha value is -1.18. The molecule has 20 heavy (non-hydrogen) atoms. The van der Waals surface area contributed by atoms with Crippen LogP contribution in [0.3, 0.4) is 0 Å². The molecule has 1 rings (SSSR count). The van der Waals surface area contributed by atoms with Crippen LogP contribution in [0.5, 0.6) is 11.5 Å². The molecule has 0 aromatic heterocycles. The number of aliphatic imine (C=N–C) groups is 1. The summed E-state index contributed by atoms with van der Waals surface area (Å²) in [6, 6.07) is 7.62. The van der Waals surface area contributed by atoms with Gasteiger partial charge in [-0.05, 0) is 26.0 Å². The average molecular weight is 393 g/mol. The second-order valence-electron chi connectivity index (χ2n) is 4.06. The van der Waals surface area contributed by atoms with Crippen LogP contribution in [0, 0.1) is 0 Å². The van der Waals surface area contributed by atoms with Crippen LogP contribution in [0.4, 0.5) is 0 Å². The SMILES string of the molecule is CCNC(=NC)NCC(C)Oc1ccccc1OC.I. The third-order valence-corrected chi connectivity index (χ3v) is 2.52. The normalized spacial score (nSPS) is 12.1. The van der Waals surface area contributed by atoms with Gasteiger partial charge in [0, 0.05) is 13.6 Å². The molecular formula is C14H24IN3O2. The van der Waals surface area contributed by atoms with Crippen LogP contribution < -0.4 is 20.1 Å². The largest absolute Gasteiger partial charge is 0.493 e. The Balaban J connectivity index is 0.00000361. The fraction of sp³-hybridized carbons (Fsp3) is 0.500. The van der Waals surface area contributed by atoms with Crippen LogP contribution >= 0.6 is 24.0 Å². The Bertz CT molecular complexity index is 413. The van der Waals surface area contributed by atoms with Gasteiger partial charge in [0.2, 0.25) is 0 Å². The van der Waals surface area contributed by atoms with Crippen molar-refractivity contribution in [2.75, 3.05) is 27.2 Å². The van der Waals surface area contributed by atoms with Crippen LogP contribution in [-0.4, -0.2) is 39.3 Å². The number of nitrogens with one attached hydrogen (secondary N) is 2. The van der Waals surface area contributed by atoms with Crippen LogP contribution in [-0.2, 0) is 0 Å². The lowest BCUT2D eigenvalue weighted by Crippen LogP contribution is -2.41. The summed E-state index contributed by atoms with van der Waals surface area (Å²) in [4.78, 5) is 4.10. The maximum atomic E-state index is 5.84. The molecule has 0 spiro atoms. The molecule has 0 amide bonds. The van der Waals surface area contributed by atoms with E-state index in [4.69, 9.17) is 9.47 Å². The van der Waals surface area contributed by atoms with Gasteiger partial charge in [-0.15, -0.1) is 24.0 Å². The van der Waals surface area contributed by atoms with Crippen molar-refractivity contribution in [2.45, 2.75) is 20.0 Å². The number of methoxy groups -OCH3 is 1. The second kappa shape index (κ2) is 10.6. The van der Waals surface area contributed by atoms with Crippen LogP contribution in [0.1, 0.15) is 13.8 Å². The molecule has 0 saturated heterocycles. The van der Waals surface area contributed by atoms with Crippen molar-refractivity contribution in [2.24, 2.45) is 4.99 Å². The summed E-state index contributed by atoms with van der Waals surface area (Å²) < 4.78 is 11.1. The van der Waals surface area contributed by atoms with Crippen molar-refractivity contribution in [1.29, 1.82) is 0 Å². The first-order chi connectivity index (χ1) is 9.21. The molecule has 0 fully saturated rings. The van der Waals surface area contributed by atoms with Crippen molar-refractivity contribution in [1.82, 2.24) is 10.6 Å². The van der Waals surface area contributed by atoms with E-state index in [0.717, 1.165) is 24.0 Å². The fourth-order valence-electron chi connectivity index (χ4n) is 1.60. The molecule has 0 radical (unpaired) electrons. The molecule has 6 heteroatoms. The van der Waals surface area contributed by atoms with Gasteiger partial charge in [0.15, 0.2) is 17.5 Å². The van der Waals surface area contributed by atoms with Gasteiger partial charge in [-0.2, -0.15) is 0 Å². The number of halogens is 1. The highest BCUT2D eigenvalue weighted by atomic mass is 127. The van der Waals surface area contributed by atoms with Crippen LogP contribution in [0.2, 0.25) is 0 Å². The van der Waals surface area contributed by atoms with Crippen molar-refractivity contribution in [3.63, 3.8) is 0 Å².